The van der Waals surface area contributed by atoms with Gasteiger partial charge in [-0.1, -0.05) is 58.8 Å². The van der Waals surface area contributed by atoms with Gasteiger partial charge >= 0.3 is 5.97 Å². The molecular formula is C21H31F3O3. The number of esters is 1. The van der Waals surface area contributed by atoms with E-state index in [9.17, 15) is 18.0 Å². The van der Waals surface area contributed by atoms with Crippen molar-refractivity contribution in [3.63, 3.8) is 0 Å². The summed E-state index contributed by atoms with van der Waals surface area (Å²) in [4.78, 5) is 12.2. The molecule has 27 heavy (non-hydrogen) atoms. The summed E-state index contributed by atoms with van der Waals surface area (Å²) in [6, 6.07) is 0.512. The normalized spacial score (nSPS) is 12.1. The lowest BCUT2D eigenvalue weighted by molar-refractivity contribution is 0.0260. The molecule has 0 aliphatic carbocycles. The highest BCUT2D eigenvalue weighted by molar-refractivity contribution is 5.90. The highest BCUT2D eigenvalue weighted by Crippen LogP contribution is 2.28. The van der Waals surface area contributed by atoms with Crippen LogP contribution < -0.4 is 4.74 Å². The zero-order valence-corrected chi connectivity index (χ0v) is 16.6. The molecule has 0 amide bonds. The third kappa shape index (κ3) is 7.43. The van der Waals surface area contributed by atoms with Gasteiger partial charge in [-0.05, 0) is 25.3 Å². The van der Waals surface area contributed by atoms with Crippen molar-refractivity contribution in [1.29, 1.82) is 0 Å². The van der Waals surface area contributed by atoms with Crippen LogP contribution in [-0.2, 0) is 4.74 Å². The third-order valence-electron chi connectivity index (χ3n) is 4.65. The van der Waals surface area contributed by atoms with Gasteiger partial charge in [0.2, 0.25) is 5.82 Å². The molecule has 1 rings (SSSR count). The van der Waals surface area contributed by atoms with E-state index in [1.807, 2.05) is 6.92 Å². The Morgan fingerprint density at radius 2 is 1.56 bits per heavy atom. The number of unbranched alkanes of at least 4 members (excludes halogenated alkanes) is 7. The summed E-state index contributed by atoms with van der Waals surface area (Å²) in [6.45, 7) is 4.05. The summed E-state index contributed by atoms with van der Waals surface area (Å²) in [7, 11) is 1.01. The van der Waals surface area contributed by atoms with Crippen molar-refractivity contribution in [3.05, 3.63) is 29.1 Å². The lowest BCUT2D eigenvalue weighted by Crippen LogP contribution is -2.19. The molecule has 0 N–H and O–H groups in total. The predicted molar refractivity (Wildman–Crippen MR) is 99.6 cm³/mol. The summed E-state index contributed by atoms with van der Waals surface area (Å²) in [5.41, 5.74) is -0.653. The van der Waals surface area contributed by atoms with Crippen LogP contribution in [0.25, 0.3) is 0 Å². The van der Waals surface area contributed by atoms with Crippen molar-refractivity contribution in [1.82, 2.24) is 0 Å². The fraction of sp³-hybridized carbons (Fsp3) is 0.667. The molecule has 3 nitrogen and oxygen atoms in total. The number of carbonyl (C=O) groups is 1. The number of rotatable bonds is 13. The smallest absolute Gasteiger partial charge is 0.341 e. The minimum atomic E-state index is -1.46. The standard InChI is InChI=1S/C21H31F3O3/c1-4-6-7-8-9-10-11-12-13-15(5-2)27-21(25)16-14-17(22)19(24)20(26-3)18(16)23/h14-15H,4-13H2,1-3H3. The minimum Gasteiger partial charge on any atom is -0.491 e. The Morgan fingerprint density at radius 3 is 2.11 bits per heavy atom. The molecule has 1 aromatic rings. The molecule has 6 heteroatoms. The summed E-state index contributed by atoms with van der Waals surface area (Å²) >= 11 is 0. The fourth-order valence-corrected chi connectivity index (χ4v) is 2.98. The molecule has 0 spiro atoms. The Morgan fingerprint density at radius 1 is 0.963 bits per heavy atom. The van der Waals surface area contributed by atoms with E-state index < -0.39 is 34.7 Å². The second-order valence-electron chi connectivity index (χ2n) is 6.77. The van der Waals surface area contributed by atoms with Crippen molar-refractivity contribution in [2.75, 3.05) is 7.11 Å². The van der Waals surface area contributed by atoms with E-state index in [-0.39, 0.29) is 6.10 Å². The second kappa shape index (κ2) is 12.6. The van der Waals surface area contributed by atoms with Gasteiger partial charge in [-0.25, -0.2) is 13.6 Å². The maximum atomic E-state index is 14.2. The molecule has 0 aromatic heterocycles. The van der Waals surface area contributed by atoms with Crippen LogP contribution in [0, 0.1) is 17.5 Å². The number of hydrogen-bond acceptors (Lipinski definition) is 3. The second-order valence-corrected chi connectivity index (χ2v) is 6.77. The van der Waals surface area contributed by atoms with Gasteiger partial charge < -0.3 is 9.47 Å². The first-order chi connectivity index (χ1) is 13.0. The highest BCUT2D eigenvalue weighted by Gasteiger charge is 2.26. The number of ether oxygens (including phenoxy) is 2. The maximum absolute atomic E-state index is 14.2. The molecular weight excluding hydrogens is 357 g/mol. The van der Waals surface area contributed by atoms with Gasteiger partial charge in [-0.2, -0.15) is 4.39 Å². The fourth-order valence-electron chi connectivity index (χ4n) is 2.98. The predicted octanol–water partition coefficient (Wildman–Crippen LogP) is 6.58. The largest absolute Gasteiger partial charge is 0.491 e. The van der Waals surface area contributed by atoms with Crippen molar-refractivity contribution in [2.24, 2.45) is 0 Å². The van der Waals surface area contributed by atoms with Gasteiger partial charge in [0.05, 0.1) is 7.11 Å². The first-order valence-corrected chi connectivity index (χ1v) is 9.88. The van der Waals surface area contributed by atoms with Crippen LogP contribution in [0.5, 0.6) is 5.75 Å². The SMILES string of the molecule is CCCCCCCCCCC(CC)OC(=O)c1cc(F)c(F)c(OC)c1F. The monoisotopic (exact) mass is 388 g/mol. The first-order valence-electron chi connectivity index (χ1n) is 9.88. The van der Waals surface area contributed by atoms with E-state index in [1.54, 1.807) is 0 Å². The quantitative estimate of drug-likeness (QED) is 0.217. The molecule has 0 saturated heterocycles. The Kier molecular flexibility index (Phi) is 10.9. The number of benzene rings is 1. The lowest BCUT2D eigenvalue weighted by atomic mass is 10.0. The van der Waals surface area contributed by atoms with E-state index in [1.165, 1.54) is 32.1 Å². The van der Waals surface area contributed by atoms with Crippen molar-refractivity contribution >= 4 is 5.97 Å². The van der Waals surface area contributed by atoms with Crippen LogP contribution in [0.4, 0.5) is 13.2 Å². The van der Waals surface area contributed by atoms with Gasteiger partial charge in [-0.15, -0.1) is 0 Å². The maximum Gasteiger partial charge on any atom is 0.341 e. The van der Waals surface area contributed by atoms with Crippen molar-refractivity contribution in [2.45, 2.75) is 84.2 Å². The van der Waals surface area contributed by atoms with Crippen LogP contribution in [0.2, 0.25) is 0 Å². The van der Waals surface area contributed by atoms with Gasteiger partial charge in [0.15, 0.2) is 17.4 Å². The van der Waals surface area contributed by atoms with Gasteiger partial charge in [-0.3, -0.25) is 0 Å². The molecule has 1 atom stereocenters. The molecule has 0 heterocycles. The topological polar surface area (TPSA) is 35.5 Å². The van der Waals surface area contributed by atoms with Crippen molar-refractivity contribution < 1.29 is 27.4 Å². The molecule has 1 unspecified atom stereocenters. The van der Waals surface area contributed by atoms with Gasteiger partial charge in [0.25, 0.3) is 0 Å². The minimum absolute atomic E-state index is 0.379. The Balaban J connectivity index is 2.51. The van der Waals surface area contributed by atoms with E-state index >= 15 is 0 Å². The summed E-state index contributed by atoms with van der Waals surface area (Å²) in [6.07, 6.45) is 10.2. The zero-order valence-electron chi connectivity index (χ0n) is 16.6. The summed E-state index contributed by atoms with van der Waals surface area (Å²) < 4.78 is 51.0. The molecule has 0 radical (unpaired) electrons. The van der Waals surface area contributed by atoms with Crippen LogP contribution >= 0.6 is 0 Å². The number of methoxy groups -OCH3 is 1. The molecule has 0 bridgehead atoms. The molecule has 0 aliphatic rings. The van der Waals surface area contributed by atoms with E-state index in [4.69, 9.17) is 4.74 Å². The average Bonchev–Trinajstić information content (AvgIpc) is 2.66. The van der Waals surface area contributed by atoms with E-state index in [0.29, 0.717) is 18.9 Å². The summed E-state index contributed by atoms with van der Waals surface area (Å²) in [5.74, 6) is -5.98. The molecule has 154 valence electrons. The van der Waals surface area contributed by atoms with Crippen LogP contribution in [0.1, 0.15) is 88.4 Å². The first kappa shape index (κ1) is 23.3. The zero-order chi connectivity index (χ0) is 20.2. The molecule has 1 aromatic carbocycles. The Bertz CT molecular complexity index is 591. The third-order valence-corrected chi connectivity index (χ3v) is 4.65. The van der Waals surface area contributed by atoms with E-state index in [0.717, 1.165) is 26.4 Å². The lowest BCUT2D eigenvalue weighted by Gasteiger charge is -2.17. The number of carbonyl (C=O) groups excluding carboxylic acids is 1. The number of hydrogen-bond donors (Lipinski definition) is 0. The molecule has 0 saturated carbocycles. The van der Waals surface area contributed by atoms with E-state index in [2.05, 4.69) is 11.7 Å². The molecule has 0 fully saturated rings. The van der Waals surface area contributed by atoms with Crippen LogP contribution in [0.15, 0.2) is 6.07 Å². The molecule has 0 aliphatic heterocycles. The van der Waals surface area contributed by atoms with Gasteiger partial charge in [0, 0.05) is 0 Å². The Hall–Kier alpha value is -1.72. The Labute approximate surface area is 160 Å². The average molecular weight is 388 g/mol. The van der Waals surface area contributed by atoms with Crippen LogP contribution in [0.3, 0.4) is 0 Å². The summed E-state index contributed by atoms with van der Waals surface area (Å²) in [5, 5.41) is 0. The van der Waals surface area contributed by atoms with Crippen molar-refractivity contribution in [3.8, 4) is 5.75 Å². The number of halogens is 3. The van der Waals surface area contributed by atoms with Crippen LogP contribution in [-0.4, -0.2) is 19.2 Å². The highest BCUT2D eigenvalue weighted by atomic mass is 19.2. The van der Waals surface area contributed by atoms with Gasteiger partial charge in [0.1, 0.15) is 11.7 Å².